The van der Waals surface area contributed by atoms with Gasteiger partial charge in [-0.15, -0.1) is 12.4 Å². The zero-order chi connectivity index (χ0) is 14.8. The summed E-state index contributed by atoms with van der Waals surface area (Å²) in [4.78, 5) is 2.45. The van der Waals surface area contributed by atoms with E-state index in [4.69, 9.17) is 15.2 Å². The van der Waals surface area contributed by atoms with Crippen LogP contribution in [0, 0.1) is 5.41 Å². The van der Waals surface area contributed by atoms with Crippen LogP contribution in [0.15, 0.2) is 18.2 Å². The summed E-state index contributed by atoms with van der Waals surface area (Å²) >= 11 is 0. The van der Waals surface area contributed by atoms with E-state index in [1.165, 1.54) is 5.56 Å². The van der Waals surface area contributed by atoms with Crippen LogP contribution >= 0.6 is 12.4 Å². The molecule has 21 heavy (non-hydrogen) atoms. The zero-order valence-electron chi connectivity index (χ0n) is 13.4. The van der Waals surface area contributed by atoms with Gasteiger partial charge in [-0.25, -0.2) is 0 Å². The number of hydrogen-bond acceptors (Lipinski definition) is 4. The third-order valence-corrected chi connectivity index (χ3v) is 4.28. The molecular formula is C16H27ClN2O2. The molecule has 1 atom stereocenters. The zero-order valence-corrected chi connectivity index (χ0v) is 14.2. The number of ether oxygens (including phenoxy) is 2. The van der Waals surface area contributed by atoms with Crippen molar-refractivity contribution >= 4 is 12.4 Å². The summed E-state index contributed by atoms with van der Waals surface area (Å²) in [5, 5.41) is 0. The molecule has 0 radical (unpaired) electrons. The lowest BCUT2D eigenvalue weighted by molar-refractivity contribution is 0.0892. The van der Waals surface area contributed by atoms with Gasteiger partial charge < -0.3 is 15.2 Å². The van der Waals surface area contributed by atoms with Crippen LogP contribution in [0.3, 0.4) is 0 Å². The molecule has 2 N–H and O–H groups in total. The van der Waals surface area contributed by atoms with E-state index in [1.54, 1.807) is 14.2 Å². The number of methoxy groups -OCH3 is 2. The summed E-state index contributed by atoms with van der Waals surface area (Å²) in [6.07, 6.45) is 1.05. The Labute approximate surface area is 134 Å². The molecule has 1 aliphatic heterocycles. The highest BCUT2D eigenvalue weighted by molar-refractivity contribution is 5.85. The van der Waals surface area contributed by atoms with Crippen molar-refractivity contribution in [2.24, 2.45) is 11.1 Å². The highest BCUT2D eigenvalue weighted by atomic mass is 35.5. The van der Waals surface area contributed by atoms with Crippen LogP contribution in [0.1, 0.15) is 25.8 Å². The van der Waals surface area contributed by atoms with Crippen LogP contribution in [-0.4, -0.2) is 38.3 Å². The minimum absolute atomic E-state index is 0. The van der Waals surface area contributed by atoms with Gasteiger partial charge in [0.1, 0.15) is 11.5 Å². The van der Waals surface area contributed by atoms with Crippen LogP contribution in [0.4, 0.5) is 0 Å². The van der Waals surface area contributed by atoms with Crippen LogP contribution < -0.4 is 15.2 Å². The van der Waals surface area contributed by atoms with E-state index in [0.717, 1.165) is 37.6 Å². The maximum Gasteiger partial charge on any atom is 0.127 e. The molecule has 0 aliphatic carbocycles. The van der Waals surface area contributed by atoms with Crippen LogP contribution in [0.5, 0.6) is 11.5 Å². The maximum atomic E-state index is 6.19. The van der Waals surface area contributed by atoms with Crippen molar-refractivity contribution < 1.29 is 9.47 Å². The highest BCUT2D eigenvalue weighted by Crippen LogP contribution is 2.31. The maximum absolute atomic E-state index is 6.19. The number of piperidine rings is 1. The lowest BCUT2D eigenvalue weighted by atomic mass is 9.79. The van der Waals surface area contributed by atoms with E-state index in [2.05, 4.69) is 24.8 Å². The normalized spacial score (nSPS) is 21.5. The summed E-state index contributed by atoms with van der Waals surface area (Å²) in [6, 6.07) is 6.30. The number of hydrogen-bond donors (Lipinski definition) is 1. The number of benzene rings is 1. The Hall–Kier alpha value is -0.970. The standard InChI is InChI=1S/C16H26N2O2.ClH/c1-16(2)11-18(8-7-15(16)17)10-12-5-6-13(19-3)9-14(12)20-4;/h5-6,9,15H,7-8,10-11,17H2,1-4H3;1H. The fraction of sp³-hybridized carbons (Fsp3) is 0.625. The number of nitrogens with zero attached hydrogens (tertiary/aromatic N) is 1. The van der Waals surface area contributed by atoms with Crippen molar-refractivity contribution in [2.45, 2.75) is 32.9 Å². The third kappa shape index (κ3) is 4.25. The fourth-order valence-corrected chi connectivity index (χ4v) is 2.84. The molecule has 0 aromatic heterocycles. The first-order valence-electron chi connectivity index (χ1n) is 7.15. The van der Waals surface area contributed by atoms with E-state index in [-0.39, 0.29) is 23.9 Å². The Bertz CT molecular complexity index is 466. The fourth-order valence-electron chi connectivity index (χ4n) is 2.84. The van der Waals surface area contributed by atoms with Crippen LogP contribution in [0.25, 0.3) is 0 Å². The molecule has 0 amide bonds. The molecule has 1 fully saturated rings. The summed E-state index contributed by atoms with van der Waals surface area (Å²) in [6.45, 7) is 7.44. The van der Waals surface area contributed by atoms with Gasteiger partial charge in [-0.3, -0.25) is 4.90 Å². The van der Waals surface area contributed by atoms with Gasteiger partial charge in [-0.1, -0.05) is 19.9 Å². The Kier molecular flexibility index (Phi) is 6.32. The monoisotopic (exact) mass is 314 g/mol. The summed E-state index contributed by atoms with van der Waals surface area (Å²) < 4.78 is 10.7. The molecular weight excluding hydrogens is 288 g/mol. The summed E-state index contributed by atoms with van der Waals surface area (Å²) in [7, 11) is 3.37. The molecule has 1 unspecified atom stereocenters. The van der Waals surface area contributed by atoms with E-state index in [9.17, 15) is 0 Å². The quantitative estimate of drug-likeness (QED) is 0.928. The predicted octanol–water partition coefficient (Wildman–Crippen LogP) is 2.68. The molecule has 1 aromatic carbocycles. The first-order chi connectivity index (χ1) is 9.46. The van der Waals surface area contributed by atoms with E-state index in [1.807, 2.05) is 12.1 Å². The molecule has 120 valence electrons. The molecule has 4 nitrogen and oxygen atoms in total. The Morgan fingerprint density at radius 3 is 2.57 bits per heavy atom. The van der Waals surface area contributed by atoms with E-state index in [0.29, 0.717) is 0 Å². The lowest BCUT2D eigenvalue weighted by Gasteiger charge is -2.42. The molecule has 0 saturated carbocycles. The summed E-state index contributed by atoms with van der Waals surface area (Å²) in [5.41, 5.74) is 7.55. The topological polar surface area (TPSA) is 47.7 Å². The van der Waals surface area contributed by atoms with Gasteiger partial charge in [-0.2, -0.15) is 0 Å². The van der Waals surface area contributed by atoms with Crippen molar-refractivity contribution in [1.29, 1.82) is 0 Å². The SMILES string of the molecule is COc1ccc(CN2CCC(N)C(C)(C)C2)c(OC)c1.Cl. The van der Waals surface area contributed by atoms with Crippen LogP contribution in [-0.2, 0) is 6.54 Å². The number of nitrogens with two attached hydrogens (primary N) is 1. The second-order valence-corrected chi connectivity index (χ2v) is 6.27. The highest BCUT2D eigenvalue weighted by Gasteiger charge is 2.33. The molecule has 1 aliphatic rings. The summed E-state index contributed by atoms with van der Waals surface area (Å²) in [5.74, 6) is 1.71. The van der Waals surface area contributed by atoms with Crippen molar-refractivity contribution in [3.05, 3.63) is 23.8 Å². The average molecular weight is 315 g/mol. The minimum atomic E-state index is 0. The Morgan fingerprint density at radius 2 is 2.00 bits per heavy atom. The van der Waals surface area contributed by atoms with Crippen molar-refractivity contribution in [2.75, 3.05) is 27.3 Å². The number of halogens is 1. The molecule has 0 spiro atoms. The molecule has 1 heterocycles. The molecule has 1 aromatic rings. The number of likely N-dealkylation sites (tertiary alicyclic amines) is 1. The molecule has 1 saturated heterocycles. The van der Waals surface area contributed by atoms with Gasteiger partial charge in [0.2, 0.25) is 0 Å². The largest absolute Gasteiger partial charge is 0.497 e. The van der Waals surface area contributed by atoms with Crippen molar-refractivity contribution in [1.82, 2.24) is 4.90 Å². The van der Waals surface area contributed by atoms with Gasteiger partial charge in [-0.05, 0) is 17.9 Å². The minimum Gasteiger partial charge on any atom is -0.497 e. The smallest absolute Gasteiger partial charge is 0.127 e. The van der Waals surface area contributed by atoms with Crippen LogP contribution in [0.2, 0.25) is 0 Å². The van der Waals surface area contributed by atoms with E-state index < -0.39 is 0 Å². The second kappa shape index (κ2) is 7.34. The average Bonchev–Trinajstić information content (AvgIpc) is 2.43. The Morgan fingerprint density at radius 1 is 1.29 bits per heavy atom. The van der Waals surface area contributed by atoms with Crippen molar-refractivity contribution in [3.63, 3.8) is 0 Å². The van der Waals surface area contributed by atoms with E-state index >= 15 is 0 Å². The molecule has 2 rings (SSSR count). The van der Waals surface area contributed by atoms with Gasteiger partial charge in [0.25, 0.3) is 0 Å². The van der Waals surface area contributed by atoms with Gasteiger partial charge in [0.15, 0.2) is 0 Å². The lowest BCUT2D eigenvalue weighted by Crippen LogP contribution is -2.52. The van der Waals surface area contributed by atoms with Gasteiger partial charge in [0.05, 0.1) is 14.2 Å². The first-order valence-corrected chi connectivity index (χ1v) is 7.15. The van der Waals surface area contributed by atoms with Gasteiger partial charge >= 0.3 is 0 Å². The molecule has 0 bridgehead atoms. The third-order valence-electron chi connectivity index (χ3n) is 4.28. The second-order valence-electron chi connectivity index (χ2n) is 6.27. The number of rotatable bonds is 4. The predicted molar refractivity (Wildman–Crippen MR) is 88.4 cm³/mol. The van der Waals surface area contributed by atoms with Gasteiger partial charge in [0, 0.05) is 37.3 Å². The van der Waals surface area contributed by atoms with Crippen molar-refractivity contribution in [3.8, 4) is 11.5 Å². The first kappa shape index (κ1) is 18.1. The Balaban J connectivity index is 0.00000220. The molecule has 5 heteroatoms.